The summed E-state index contributed by atoms with van der Waals surface area (Å²) in [5, 5.41) is 2.93. The second kappa shape index (κ2) is 5.11. The predicted molar refractivity (Wildman–Crippen MR) is 68.2 cm³/mol. The molecule has 86 valence electrons. The normalized spacial score (nSPS) is 20.2. The molecule has 0 saturated carbocycles. The topological polar surface area (TPSA) is 29.1 Å². The summed E-state index contributed by atoms with van der Waals surface area (Å²) in [4.78, 5) is 13.2. The van der Waals surface area contributed by atoms with E-state index in [1.807, 2.05) is 25.1 Å². The van der Waals surface area contributed by atoms with E-state index in [0.29, 0.717) is 5.88 Å². The second-order valence-corrected chi connectivity index (χ2v) is 5.34. The van der Waals surface area contributed by atoms with Gasteiger partial charge in [-0.25, -0.2) is 0 Å². The van der Waals surface area contributed by atoms with Gasteiger partial charge in [0, 0.05) is 22.6 Å². The van der Waals surface area contributed by atoms with Gasteiger partial charge < -0.3 is 5.32 Å². The van der Waals surface area contributed by atoms with Gasteiger partial charge >= 0.3 is 0 Å². The van der Waals surface area contributed by atoms with Crippen molar-refractivity contribution in [3.8, 4) is 0 Å². The van der Waals surface area contributed by atoms with Crippen LogP contribution in [0.3, 0.4) is 0 Å². The highest BCUT2D eigenvalue weighted by Gasteiger charge is 2.29. The highest BCUT2D eigenvalue weighted by molar-refractivity contribution is 7.99. The van der Waals surface area contributed by atoms with Gasteiger partial charge in [-0.1, -0.05) is 18.2 Å². The van der Waals surface area contributed by atoms with Gasteiger partial charge in [0.1, 0.15) is 0 Å². The largest absolute Gasteiger partial charge is 0.352 e. The van der Waals surface area contributed by atoms with Crippen molar-refractivity contribution >= 4 is 29.3 Å². The van der Waals surface area contributed by atoms with E-state index in [1.165, 1.54) is 4.90 Å². The van der Waals surface area contributed by atoms with Crippen molar-refractivity contribution < 1.29 is 4.79 Å². The van der Waals surface area contributed by atoms with Crippen molar-refractivity contribution in [1.29, 1.82) is 0 Å². The van der Waals surface area contributed by atoms with Crippen molar-refractivity contribution in [3.63, 3.8) is 0 Å². The van der Waals surface area contributed by atoms with Crippen LogP contribution in [-0.2, 0) is 4.79 Å². The number of alkyl halides is 1. The van der Waals surface area contributed by atoms with Gasteiger partial charge in [0.15, 0.2) is 0 Å². The Balaban J connectivity index is 2.10. The molecule has 4 heteroatoms. The van der Waals surface area contributed by atoms with Crippen LogP contribution in [0.2, 0.25) is 0 Å². The first-order chi connectivity index (χ1) is 7.72. The van der Waals surface area contributed by atoms with E-state index in [0.717, 1.165) is 11.3 Å². The summed E-state index contributed by atoms with van der Waals surface area (Å²) in [6.45, 7) is 1.92. The summed E-state index contributed by atoms with van der Waals surface area (Å²) < 4.78 is 0. The van der Waals surface area contributed by atoms with E-state index >= 15 is 0 Å². The molecule has 1 N–H and O–H groups in total. The van der Waals surface area contributed by atoms with Gasteiger partial charge in [0.05, 0.1) is 5.92 Å². The van der Waals surface area contributed by atoms with Crippen molar-refractivity contribution in [2.75, 3.05) is 11.6 Å². The fraction of sp³-hybridized carbons (Fsp3) is 0.417. The number of benzene rings is 1. The van der Waals surface area contributed by atoms with Gasteiger partial charge in [-0.15, -0.1) is 23.4 Å². The highest BCUT2D eigenvalue weighted by atomic mass is 35.5. The van der Waals surface area contributed by atoms with Crippen LogP contribution in [0.5, 0.6) is 0 Å². The Morgan fingerprint density at radius 3 is 3.12 bits per heavy atom. The number of fused-ring (bicyclic) bond motifs is 1. The zero-order valence-electron chi connectivity index (χ0n) is 9.07. The Labute approximate surface area is 105 Å². The quantitative estimate of drug-likeness (QED) is 0.842. The van der Waals surface area contributed by atoms with Crippen molar-refractivity contribution in [2.24, 2.45) is 0 Å². The monoisotopic (exact) mass is 255 g/mol. The van der Waals surface area contributed by atoms with Crippen molar-refractivity contribution in [1.82, 2.24) is 5.32 Å². The lowest BCUT2D eigenvalue weighted by atomic mass is 10.0. The Morgan fingerprint density at radius 1 is 1.62 bits per heavy atom. The summed E-state index contributed by atoms with van der Waals surface area (Å²) in [6.07, 6.45) is 0. The maximum atomic E-state index is 12.0. The molecule has 1 aliphatic heterocycles. The third-order valence-corrected chi connectivity index (χ3v) is 4.28. The SMILES string of the molecule is CC(CCl)NC(=O)C1CSc2ccccc21. The molecule has 1 amide bonds. The van der Waals surface area contributed by atoms with Gasteiger partial charge in [-0.3, -0.25) is 4.79 Å². The van der Waals surface area contributed by atoms with Gasteiger partial charge in [-0.05, 0) is 18.6 Å². The molecule has 2 unspecified atom stereocenters. The Bertz CT molecular complexity index is 396. The van der Waals surface area contributed by atoms with E-state index in [1.54, 1.807) is 11.8 Å². The minimum atomic E-state index is -0.0214. The fourth-order valence-corrected chi connectivity index (χ4v) is 3.07. The molecule has 2 rings (SSSR count). The summed E-state index contributed by atoms with van der Waals surface area (Å²) >= 11 is 7.43. The zero-order valence-corrected chi connectivity index (χ0v) is 10.6. The van der Waals surface area contributed by atoms with Crippen LogP contribution < -0.4 is 5.32 Å². The first kappa shape index (κ1) is 11.8. The van der Waals surface area contributed by atoms with Crippen molar-refractivity contribution in [3.05, 3.63) is 29.8 Å². The second-order valence-electron chi connectivity index (χ2n) is 3.97. The van der Waals surface area contributed by atoms with Crippen LogP contribution in [-0.4, -0.2) is 23.6 Å². The van der Waals surface area contributed by atoms with E-state index < -0.39 is 0 Å². The van der Waals surface area contributed by atoms with E-state index in [4.69, 9.17) is 11.6 Å². The van der Waals surface area contributed by atoms with Crippen LogP contribution in [0, 0.1) is 0 Å². The molecular weight excluding hydrogens is 242 g/mol. The average Bonchev–Trinajstić information content (AvgIpc) is 2.72. The van der Waals surface area contributed by atoms with Crippen LogP contribution in [0.4, 0.5) is 0 Å². The third kappa shape index (κ3) is 2.36. The summed E-state index contributed by atoms with van der Waals surface area (Å²) in [6, 6.07) is 8.12. The standard InChI is InChI=1S/C12H14ClNOS/c1-8(6-13)14-12(15)10-7-16-11-5-3-2-4-9(10)11/h2-5,8,10H,6-7H2,1H3,(H,14,15). The molecule has 0 bridgehead atoms. The predicted octanol–water partition coefficient (Wildman–Crippen LogP) is 2.62. The summed E-state index contributed by atoms with van der Waals surface area (Å²) in [5.74, 6) is 1.35. The number of hydrogen-bond donors (Lipinski definition) is 1. The molecule has 0 radical (unpaired) electrons. The number of thioether (sulfide) groups is 1. The number of halogens is 1. The van der Waals surface area contributed by atoms with E-state index in [9.17, 15) is 4.79 Å². The van der Waals surface area contributed by atoms with Crippen molar-refractivity contribution in [2.45, 2.75) is 23.8 Å². The van der Waals surface area contributed by atoms with Gasteiger partial charge in [0.2, 0.25) is 5.91 Å². The minimum Gasteiger partial charge on any atom is -0.352 e. The highest BCUT2D eigenvalue weighted by Crippen LogP contribution is 2.39. The van der Waals surface area contributed by atoms with Crippen LogP contribution in [0.15, 0.2) is 29.2 Å². The lowest BCUT2D eigenvalue weighted by Gasteiger charge is -2.15. The zero-order chi connectivity index (χ0) is 11.5. The van der Waals surface area contributed by atoms with Gasteiger partial charge in [0.25, 0.3) is 0 Å². The Morgan fingerprint density at radius 2 is 2.38 bits per heavy atom. The summed E-state index contributed by atoms with van der Waals surface area (Å²) in [5.41, 5.74) is 1.15. The number of amides is 1. The number of hydrogen-bond acceptors (Lipinski definition) is 2. The molecule has 0 fully saturated rings. The van der Waals surface area contributed by atoms with Crippen LogP contribution >= 0.6 is 23.4 Å². The molecule has 1 aliphatic rings. The number of carbonyl (C=O) groups is 1. The molecule has 0 aromatic heterocycles. The molecule has 0 aliphatic carbocycles. The van der Waals surface area contributed by atoms with E-state index in [2.05, 4.69) is 11.4 Å². The van der Waals surface area contributed by atoms with E-state index in [-0.39, 0.29) is 17.9 Å². The maximum absolute atomic E-state index is 12.0. The molecule has 1 aromatic carbocycles. The van der Waals surface area contributed by atoms with Crippen LogP contribution in [0.25, 0.3) is 0 Å². The lowest BCUT2D eigenvalue weighted by Crippen LogP contribution is -2.37. The minimum absolute atomic E-state index is 0.0214. The average molecular weight is 256 g/mol. The molecule has 1 heterocycles. The smallest absolute Gasteiger partial charge is 0.228 e. The molecule has 1 aromatic rings. The molecule has 16 heavy (non-hydrogen) atoms. The number of rotatable bonds is 3. The molecule has 0 spiro atoms. The van der Waals surface area contributed by atoms with Crippen LogP contribution in [0.1, 0.15) is 18.4 Å². The molecule has 2 atom stereocenters. The molecular formula is C12H14ClNOS. The first-order valence-electron chi connectivity index (χ1n) is 5.30. The summed E-state index contributed by atoms with van der Waals surface area (Å²) in [7, 11) is 0. The first-order valence-corrected chi connectivity index (χ1v) is 6.82. The molecule has 0 saturated heterocycles. The third-order valence-electron chi connectivity index (χ3n) is 2.64. The van der Waals surface area contributed by atoms with Gasteiger partial charge in [-0.2, -0.15) is 0 Å². The fourth-order valence-electron chi connectivity index (χ4n) is 1.76. The number of carbonyl (C=O) groups excluding carboxylic acids is 1. The lowest BCUT2D eigenvalue weighted by molar-refractivity contribution is -0.122. The Kier molecular flexibility index (Phi) is 3.77. The maximum Gasteiger partial charge on any atom is 0.228 e. The Hall–Kier alpha value is -0.670. The number of nitrogens with one attached hydrogen (secondary N) is 1. The molecule has 2 nitrogen and oxygen atoms in total.